The van der Waals surface area contributed by atoms with Crippen LogP contribution in [0.2, 0.25) is 0 Å². The number of anilines is 1. The van der Waals surface area contributed by atoms with Crippen LogP contribution >= 0.6 is 7.37 Å². The maximum atomic E-state index is 11.4. The molecule has 0 bridgehead atoms. The van der Waals surface area contributed by atoms with Crippen molar-refractivity contribution in [3.8, 4) is 0 Å². The molecule has 0 spiro atoms. The van der Waals surface area contributed by atoms with E-state index in [0.717, 1.165) is 29.8 Å². The van der Waals surface area contributed by atoms with Gasteiger partial charge >= 0.3 is 0 Å². The van der Waals surface area contributed by atoms with Crippen LogP contribution in [0, 0.1) is 0 Å². The van der Waals surface area contributed by atoms with Crippen LogP contribution in [0.1, 0.15) is 25.3 Å². The average molecular weight is 303 g/mol. The van der Waals surface area contributed by atoms with Gasteiger partial charge in [-0.2, -0.15) is 0 Å². The first-order valence-electron chi connectivity index (χ1n) is 7.06. The van der Waals surface area contributed by atoms with Crippen molar-refractivity contribution in [3.63, 3.8) is 0 Å². The van der Waals surface area contributed by atoms with E-state index in [0.29, 0.717) is 0 Å². The molecule has 2 N–H and O–H groups in total. The van der Waals surface area contributed by atoms with Gasteiger partial charge in [-0.1, -0.05) is 36.4 Å². The molecule has 0 saturated carbocycles. The van der Waals surface area contributed by atoms with Crippen molar-refractivity contribution in [1.82, 2.24) is 0 Å². The molecule has 0 amide bonds. The fourth-order valence-corrected chi connectivity index (χ4v) is 3.30. The van der Waals surface area contributed by atoms with Gasteiger partial charge in [0, 0.05) is 24.2 Å². The largest absolute Gasteiger partial charge is 0.356 e. The highest BCUT2D eigenvalue weighted by Crippen LogP contribution is 2.39. The fraction of sp³-hybridized carbons (Fsp3) is 0.294. The van der Waals surface area contributed by atoms with Crippen LogP contribution in [0.5, 0.6) is 0 Å². The number of hydrogen-bond acceptors (Lipinski definition) is 2. The summed E-state index contributed by atoms with van der Waals surface area (Å²) in [6, 6.07) is 7.58. The summed E-state index contributed by atoms with van der Waals surface area (Å²) in [4.78, 5) is 9.40. The zero-order valence-corrected chi connectivity index (χ0v) is 13.5. The summed E-state index contributed by atoms with van der Waals surface area (Å²) >= 11 is 0. The van der Waals surface area contributed by atoms with Crippen molar-refractivity contribution in [1.29, 1.82) is 0 Å². The van der Waals surface area contributed by atoms with Gasteiger partial charge in [0.15, 0.2) is 0 Å². The molecule has 0 heterocycles. The van der Waals surface area contributed by atoms with E-state index in [-0.39, 0.29) is 6.16 Å². The minimum Gasteiger partial charge on any atom is -0.356 e. The minimum atomic E-state index is -3.01. The minimum absolute atomic E-state index is 0.210. The topological polar surface area (TPSA) is 49.3 Å². The third-order valence-electron chi connectivity index (χ3n) is 3.48. The third kappa shape index (κ3) is 4.73. The summed E-state index contributed by atoms with van der Waals surface area (Å²) in [5, 5.41) is 3.30. The maximum absolute atomic E-state index is 11.4. The Morgan fingerprint density at radius 2 is 2.05 bits per heavy atom. The van der Waals surface area contributed by atoms with Crippen LogP contribution in [0.15, 0.2) is 59.8 Å². The Morgan fingerprint density at radius 3 is 2.62 bits per heavy atom. The van der Waals surface area contributed by atoms with Gasteiger partial charge in [0.25, 0.3) is 0 Å². The SMILES string of the molecule is C=C(Nc1ccc(CP(C)(=O)O)cc1)C1=C(C)CCC=C1. The fourth-order valence-electron chi connectivity index (χ4n) is 2.41. The lowest BCUT2D eigenvalue weighted by molar-refractivity contribution is 0.484. The Kier molecular flexibility index (Phi) is 4.87. The highest BCUT2D eigenvalue weighted by molar-refractivity contribution is 7.56. The lowest BCUT2D eigenvalue weighted by atomic mass is 9.97. The summed E-state index contributed by atoms with van der Waals surface area (Å²) < 4.78 is 11.4. The molecule has 2 rings (SSSR count). The first-order valence-corrected chi connectivity index (χ1v) is 9.35. The molecule has 0 saturated heterocycles. The monoisotopic (exact) mass is 303 g/mol. The van der Waals surface area contributed by atoms with Crippen molar-refractivity contribution < 1.29 is 9.46 Å². The van der Waals surface area contributed by atoms with Crippen LogP contribution in [0.25, 0.3) is 0 Å². The first kappa shape index (κ1) is 15.8. The Balaban J connectivity index is 2.05. The normalized spacial score (nSPS) is 17.5. The Bertz CT molecular complexity index is 635. The van der Waals surface area contributed by atoms with Gasteiger partial charge in [-0.15, -0.1) is 0 Å². The van der Waals surface area contributed by atoms with Gasteiger partial charge < -0.3 is 10.2 Å². The number of hydrogen-bond donors (Lipinski definition) is 2. The molecule has 0 fully saturated rings. The highest BCUT2D eigenvalue weighted by Gasteiger charge is 2.11. The number of nitrogens with one attached hydrogen (secondary N) is 1. The van der Waals surface area contributed by atoms with E-state index >= 15 is 0 Å². The Labute approximate surface area is 126 Å². The molecule has 0 aromatic heterocycles. The van der Waals surface area contributed by atoms with Crippen molar-refractivity contribution in [3.05, 3.63) is 65.4 Å². The van der Waals surface area contributed by atoms with E-state index in [1.54, 1.807) is 0 Å². The molecule has 1 aromatic rings. The maximum Gasteiger partial charge on any atom is 0.201 e. The van der Waals surface area contributed by atoms with Crippen molar-refractivity contribution >= 4 is 13.1 Å². The van der Waals surface area contributed by atoms with Crippen molar-refractivity contribution in [2.24, 2.45) is 0 Å². The van der Waals surface area contributed by atoms with Crippen LogP contribution in [-0.4, -0.2) is 11.6 Å². The van der Waals surface area contributed by atoms with Gasteiger partial charge in [-0.3, -0.25) is 4.57 Å². The van der Waals surface area contributed by atoms with Crippen molar-refractivity contribution in [2.75, 3.05) is 12.0 Å². The number of rotatable bonds is 5. The number of allylic oxidation sites excluding steroid dienone is 3. The predicted octanol–water partition coefficient (Wildman–Crippen LogP) is 4.68. The van der Waals surface area contributed by atoms with E-state index in [1.807, 2.05) is 24.3 Å². The summed E-state index contributed by atoms with van der Waals surface area (Å²) in [7, 11) is -3.01. The second-order valence-corrected chi connectivity index (χ2v) is 8.06. The smallest absolute Gasteiger partial charge is 0.201 e. The molecule has 0 aliphatic heterocycles. The summed E-state index contributed by atoms with van der Waals surface area (Å²) in [6.45, 7) is 7.62. The molecule has 112 valence electrons. The molecular formula is C17H22NO2P. The summed E-state index contributed by atoms with van der Waals surface area (Å²) in [5.74, 6) is 0. The molecule has 4 heteroatoms. The number of benzene rings is 1. The summed E-state index contributed by atoms with van der Waals surface area (Å²) in [5.41, 5.74) is 5.21. The molecular weight excluding hydrogens is 281 g/mol. The van der Waals surface area contributed by atoms with Gasteiger partial charge in [0.05, 0.1) is 0 Å². The zero-order chi connectivity index (χ0) is 15.5. The van der Waals surface area contributed by atoms with Crippen molar-refractivity contribution in [2.45, 2.75) is 25.9 Å². The molecule has 1 aromatic carbocycles. The first-order chi connectivity index (χ1) is 9.85. The second-order valence-electron chi connectivity index (χ2n) is 5.64. The standard InChI is InChI=1S/C17H22NO2P/c1-13-6-4-5-7-17(13)14(2)18-16-10-8-15(9-11-16)12-21(3,19)20/h5,7-11,18H,2,4,6,12H2,1,3H3,(H,19,20). The molecule has 1 aliphatic carbocycles. The van der Waals surface area contributed by atoms with E-state index in [2.05, 4.69) is 31.0 Å². The quantitative estimate of drug-likeness (QED) is 0.777. The lowest BCUT2D eigenvalue weighted by Gasteiger charge is -2.17. The highest BCUT2D eigenvalue weighted by atomic mass is 31.2. The average Bonchev–Trinajstić information content (AvgIpc) is 2.40. The van der Waals surface area contributed by atoms with Gasteiger partial charge in [0.2, 0.25) is 7.37 Å². The van der Waals surface area contributed by atoms with E-state index < -0.39 is 7.37 Å². The van der Waals surface area contributed by atoms with Crippen LogP contribution < -0.4 is 5.32 Å². The predicted molar refractivity (Wildman–Crippen MR) is 89.7 cm³/mol. The zero-order valence-electron chi connectivity index (χ0n) is 12.6. The van der Waals surface area contributed by atoms with Gasteiger partial charge in [-0.25, -0.2) is 0 Å². The molecule has 1 atom stereocenters. The molecule has 3 nitrogen and oxygen atoms in total. The van der Waals surface area contributed by atoms with E-state index in [4.69, 9.17) is 0 Å². The van der Waals surface area contributed by atoms with Gasteiger partial charge in [-0.05, 0) is 43.0 Å². The molecule has 1 unspecified atom stereocenters. The summed E-state index contributed by atoms with van der Waals surface area (Å²) in [6.07, 6.45) is 6.66. The second kappa shape index (κ2) is 6.46. The van der Waals surface area contributed by atoms with Crippen LogP contribution in [-0.2, 0) is 10.7 Å². The Hall–Kier alpha value is -1.57. The lowest BCUT2D eigenvalue weighted by Crippen LogP contribution is -2.04. The van der Waals surface area contributed by atoms with Crippen LogP contribution in [0.3, 0.4) is 0 Å². The molecule has 1 aliphatic rings. The van der Waals surface area contributed by atoms with Crippen LogP contribution in [0.4, 0.5) is 5.69 Å². The Morgan fingerprint density at radius 1 is 1.38 bits per heavy atom. The molecule has 0 radical (unpaired) electrons. The third-order valence-corrected chi connectivity index (χ3v) is 4.43. The van der Waals surface area contributed by atoms with E-state index in [1.165, 1.54) is 17.8 Å². The molecule has 21 heavy (non-hydrogen) atoms. The van der Waals surface area contributed by atoms with Gasteiger partial charge in [0.1, 0.15) is 0 Å². The van der Waals surface area contributed by atoms with E-state index in [9.17, 15) is 9.46 Å².